The molecular weight excluding hydrogens is 468 g/mol. The van der Waals surface area contributed by atoms with Crippen molar-refractivity contribution in [1.82, 2.24) is 14.8 Å². The maximum atomic E-state index is 12.6. The zero-order valence-electron chi connectivity index (χ0n) is 17.3. The van der Waals surface area contributed by atoms with Gasteiger partial charge in [-0.1, -0.05) is 17.7 Å². The first-order valence-corrected chi connectivity index (χ1v) is 11.2. The molecule has 30 heavy (non-hydrogen) atoms. The van der Waals surface area contributed by atoms with Gasteiger partial charge in [-0.25, -0.2) is 0 Å². The van der Waals surface area contributed by atoms with Crippen LogP contribution in [0.3, 0.4) is 0 Å². The molecule has 0 fully saturated rings. The number of nitrogens with one attached hydrogen (secondary N) is 1. The van der Waals surface area contributed by atoms with Crippen LogP contribution in [0, 0.1) is 0 Å². The number of benzene rings is 1. The van der Waals surface area contributed by atoms with Crippen LogP contribution in [0.5, 0.6) is 0 Å². The summed E-state index contributed by atoms with van der Waals surface area (Å²) >= 11 is 9.59. The van der Waals surface area contributed by atoms with Crippen LogP contribution in [0.25, 0.3) is 0 Å². The van der Waals surface area contributed by atoms with Gasteiger partial charge in [0.1, 0.15) is 5.69 Å². The van der Waals surface area contributed by atoms with E-state index in [1.54, 1.807) is 31.3 Å². The van der Waals surface area contributed by atoms with E-state index in [4.69, 9.17) is 11.6 Å². The van der Waals surface area contributed by atoms with Crippen LogP contribution in [0.4, 0.5) is 5.69 Å². The van der Waals surface area contributed by atoms with E-state index in [0.29, 0.717) is 22.8 Å². The SMILES string of the molecule is CN(C)C(=O)CCCCN1CCc2cc(C(=O)Nc3cccc(Br)c3Cl)ncc2C1. The highest BCUT2D eigenvalue weighted by molar-refractivity contribution is 9.10. The van der Waals surface area contributed by atoms with Crippen LogP contribution in [-0.2, 0) is 17.8 Å². The second-order valence-electron chi connectivity index (χ2n) is 7.67. The van der Waals surface area contributed by atoms with Crippen LogP contribution in [0.1, 0.15) is 40.9 Å². The molecule has 1 aliphatic rings. The number of rotatable bonds is 7. The quantitative estimate of drug-likeness (QED) is 0.582. The molecule has 2 heterocycles. The van der Waals surface area contributed by atoms with E-state index < -0.39 is 0 Å². The number of carbonyl (C=O) groups is 2. The van der Waals surface area contributed by atoms with Crippen LogP contribution in [0.15, 0.2) is 34.9 Å². The van der Waals surface area contributed by atoms with Crippen LogP contribution in [0.2, 0.25) is 5.02 Å². The molecule has 0 radical (unpaired) electrons. The Hall–Kier alpha value is -1.96. The average Bonchev–Trinajstić information content (AvgIpc) is 2.73. The summed E-state index contributed by atoms with van der Waals surface area (Å²) in [4.78, 5) is 32.7. The van der Waals surface area contributed by atoms with Gasteiger partial charge in [-0.05, 0) is 71.1 Å². The monoisotopic (exact) mass is 492 g/mol. The number of unbranched alkanes of at least 4 members (excludes halogenated alkanes) is 1. The van der Waals surface area contributed by atoms with Crippen LogP contribution >= 0.6 is 27.5 Å². The van der Waals surface area contributed by atoms with Crippen molar-refractivity contribution < 1.29 is 9.59 Å². The molecule has 0 saturated carbocycles. The number of halogens is 2. The fraction of sp³-hybridized carbons (Fsp3) is 0.409. The average molecular weight is 494 g/mol. The van der Waals surface area contributed by atoms with E-state index >= 15 is 0 Å². The second-order valence-corrected chi connectivity index (χ2v) is 8.90. The molecule has 6 nitrogen and oxygen atoms in total. The summed E-state index contributed by atoms with van der Waals surface area (Å²) < 4.78 is 0.728. The van der Waals surface area contributed by atoms with Gasteiger partial charge >= 0.3 is 0 Å². The lowest BCUT2D eigenvalue weighted by atomic mass is 10.0. The summed E-state index contributed by atoms with van der Waals surface area (Å²) in [7, 11) is 3.58. The summed E-state index contributed by atoms with van der Waals surface area (Å²) in [6.07, 6.45) is 5.17. The third kappa shape index (κ3) is 5.80. The molecule has 0 atom stereocenters. The van der Waals surface area contributed by atoms with Gasteiger partial charge in [-0.15, -0.1) is 0 Å². The van der Waals surface area contributed by atoms with E-state index in [9.17, 15) is 9.59 Å². The number of fused-ring (bicyclic) bond motifs is 1. The Kier molecular flexibility index (Phi) is 7.86. The summed E-state index contributed by atoms with van der Waals surface area (Å²) in [6.45, 7) is 2.73. The maximum Gasteiger partial charge on any atom is 0.274 e. The second kappa shape index (κ2) is 10.4. The van der Waals surface area contributed by atoms with Crippen molar-refractivity contribution in [2.24, 2.45) is 0 Å². The molecule has 3 rings (SSSR count). The molecule has 0 spiro atoms. The molecule has 0 unspecified atom stereocenters. The van der Waals surface area contributed by atoms with E-state index in [2.05, 4.69) is 31.1 Å². The topological polar surface area (TPSA) is 65.5 Å². The van der Waals surface area contributed by atoms with Crippen molar-refractivity contribution in [3.8, 4) is 0 Å². The summed E-state index contributed by atoms with van der Waals surface area (Å²) in [5, 5.41) is 3.29. The fourth-order valence-corrected chi connectivity index (χ4v) is 3.98. The fourth-order valence-electron chi connectivity index (χ4n) is 3.44. The lowest BCUT2D eigenvalue weighted by Gasteiger charge is -2.28. The molecule has 2 amide bonds. The molecule has 1 aromatic carbocycles. The molecule has 1 N–H and O–H groups in total. The minimum Gasteiger partial charge on any atom is -0.349 e. The van der Waals surface area contributed by atoms with E-state index in [1.165, 1.54) is 0 Å². The zero-order chi connectivity index (χ0) is 21.7. The third-order valence-electron chi connectivity index (χ3n) is 5.22. The Balaban J connectivity index is 1.55. The summed E-state index contributed by atoms with van der Waals surface area (Å²) in [5.41, 5.74) is 3.26. The molecule has 2 aromatic rings. The van der Waals surface area contributed by atoms with Crippen LogP contribution in [-0.4, -0.2) is 53.8 Å². The van der Waals surface area contributed by atoms with Crippen molar-refractivity contribution in [1.29, 1.82) is 0 Å². The predicted octanol–water partition coefficient (Wildman–Crippen LogP) is 4.37. The van der Waals surface area contributed by atoms with Gasteiger partial charge in [0.05, 0.1) is 10.7 Å². The molecule has 160 valence electrons. The van der Waals surface area contributed by atoms with Crippen molar-refractivity contribution in [3.05, 3.63) is 56.8 Å². The normalized spacial score (nSPS) is 13.6. The minimum atomic E-state index is -0.272. The molecular formula is C22H26BrClN4O2. The Morgan fingerprint density at radius 1 is 1.27 bits per heavy atom. The summed E-state index contributed by atoms with van der Waals surface area (Å²) in [6, 6.07) is 7.27. The number of anilines is 1. The van der Waals surface area contributed by atoms with Crippen molar-refractivity contribution in [2.45, 2.75) is 32.2 Å². The standard InChI is InChI=1S/C22H26BrClN4O2/c1-27(2)20(29)8-3-4-10-28-11-9-15-12-19(25-13-16(15)14-28)22(30)26-18-7-5-6-17(23)21(18)24/h5-7,12-13H,3-4,8-11,14H2,1-2H3,(H,26,30). The van der Waals surface area contributed by atoms with Gasteiger partial charge in [0, 0.05) is 44.3 Å². The maximum absolute atomic E-state index is 12.6. The Morgan fingerprint density at radius 3 is 2.83 bits per heavy atom. The van der Waals surface area contributed by atoms with Crippen molar-refractivity contribution in [3.63, 3.8) is 0 Å². The van der Waals surface area contributed by atoms with Gasteiger partial charge in [0.15, 0.2) is 0 Å². The number of pyridine rings is 1. The zero-order valence-corrected chi connectivity index (χ0v) is 19.6. The molecule has 0 saturated heterocycles. The van der Waals surface area contributed by atoms with E-state index in [0.717, 1.165) is 54.5 Å². The molecule has 1 aromatic heterocycles. The Labute approximate surface area is 190 Å². The highest BCUT2D eigenvalue weighted by Gasteiger charge is 2.19. The van der Waals surface area contributed by atoms with Gasteiger partial charge in [0.25, 0.3) is 5.91 Å². The van der Waals surface area contributed by atoms with Crippen LogP contribution < -0.4 is 5.32 Å². The van der Waals surface area contributed by atoms with Crippen molar-refractivity contribution in [2.75, 3.05) is 32.5 Å². The number of carbonyl (C=O) groups excluding carboxylic acids is 2. The Bertz CT molecular complexity index is 935. The predicted molar refractivity (Wildman–Crippen MR) is 123 cm³/mol. The highest BCUT2D eigenvalue weighted by Crippen LogP contribution is 2.30. The third-order valence-corrected chi connectivity index (χ3v) is 6.52. The molecule has 8 heteroatoms. The van der Waals surface area contributed by atoms with E-state index in [1.807, 2.05) is 18.2 Å². The van der Waals surface area contributed by atoms with Gasteiger partial charge in [-0.2, -0.15) is 0 Å². The molecule has 0 aliphatic carbocycles. The number of hydrogen-bond donors (Lipinski definition) is 1. The first-order chi connectivity index (χ1) is 14.3. The van der Waals surface area contributed by atoms with Gasteiger partial charge < -0.3 is 10.2 Å². The number of nitrogens with zero attached hydrogens (tertiary/aromatic N) is 3. The lowest BCUT2D eigenvalue weighted by molar-refractivity contribution is -0.128. The lowest BCUT2D eigenvalue weighted by Crippen LogP contribution is -2.32. The first kappa shape index (κ1) is 22.7. The van der Waals surface area contributed by atoms with Gasteiger partial charge in [0.2, 0.25) is 5.91 Å². The number of aromatic nitrogens is 1. The number of hydrogen-bond acceptors (Lipinski definition) is 4. The number of amides is 2. The highest BCUT2D eigenvalue weighted by atomic mass is 79.9. The largest absolute Gasteiger partial charge is 0.349 e. The Morgan fingerprint density at radius 2 is 2.07 bits per heavy atom. The summed E-state index contributed by atoms with van der Waals surface area (Å²) in [5.74, 6) is -0.0936. The van der Waals surface area contributed by atoms with Crippen molar-refractivity contribution >= 4 is 45.0 Å². The molecule has 0 bridgehead atoms. The smallest absolute Gasteiger partial charge is 0.274 e. The van der Waals surface area contributed by atoms with Gasteiger partial charge in [-0.3, -0.25) is 19.5 Å². The first-order valence-electron chi connectivity index (χ1n) is 10.0. The molecule has 1 aliphatic heterocycles. The minimum absolute atomic E-state index is 0.179. The van der Waals surface area contributed by atoms with E-state index in [-0.39, 0.29) is 11.8 Å².